The monoisotopic (exact) mass is 852 g/mol. The summed E-state index contributed by atoms with van der Waals surface area (Å²) in [7, 11) is 0. The van der Waals surface area contributed by atoms with Gasteiger partial charge in [0, 0.05) is 23.3 Å². The molecule has 1 aliphatic rings. The maximum Gasteiger partial charge on any atom is 0.330 e. The predicted molar refractivity (Wildman–Crippen MR) is 233 cm³/mol. The number of nitrogens with zero attached hydrogens (tertiary/aromatic N) is 4. The Morgan fingerprint density at radius 1 is 0.516 bits per heavy atom. The van der Waals surface area contributed by atoms with Gasteiger partial charge >= 0.3 is 11.9 Å². The molecule has 2 aromatic carbocycles. The summed E-state index contributed by atoms with van der Waals surface area (Å²) in [6.07, 6.45) is 20.1. The third-order valence-corrected chi connectivity index (χ3v) is 9.82. The quantitative estimate of drug-likeness (QED) is 0.0278. The SMILES string of the molecule is C=CC(=O)OCCCCCCCCOc1cnc(-c2ccc(CO[C@@H]3OCCO[C@H]3OCc3ccc(-c4ncc(OCCCCCCCCOC(=O)C=C)cn4)cc3)cc2)nc1. The van der Waals surface area contributed by atoms with E-state index in [0.29, 0.717) is 76.0 Å². The van der Waals surface area contributed by atoms with Crippen LogP contribution in [0.25, 0.3) is 22.8 Å². The fourth-order valence-electron chi connectivity index (χ4n) is 6.34. The molecule has 1 fully saturated rings. The number of carbonyl (C=O) groups excluding carboxylic acids is 2. The zero-order valence-corrected chi connectivity index (χ0v) is 35.7. The number of hydrogen-bond donors (Lipinski definition) is 0. The highest BCUT2D eigenvalue weighted by molar-refractivity contribution is 5.81. The van der Waals surface area contributed by atoms with Gasteiger partial charge in [0.05, 0.1) is 77.6 Å². The molecule has 332 valence electrons. The summed E-state index contributed by atoms with van der Waals surface area (Å²) in [6.45, 7) is 10.3. The van der Waals surface area contributed by atoms with Crippen LogP contribution in [0.3, 0.4) is 0 Å². The number of unbranched alkanes of at least 4 members (excludes halogenated alkanes) is 10. The molecule has 0 bridgehead atoms. The molecule has 2 aromatic heterocycles. The van der Waals surface area contributed by atoms with Gasteiger partial charge in [-0.3, -0.25) is 0 Å². The lowest BCUT2D eigenvalue weighted by molar-refractivity contribution is -0.326. The Kier molecular flexibility index (Phi) is 21.6. The van der Waals surface area contributed by atoms with Crippen molar-refractivity contribution in [1.29, 1.82) is 0 Å². The summed E-state index contributed by atoms with van der Waals surface area (Å²) >= 11 is 0. The molecule has 1 aliphatic heterocycles. The van der Waals surface area contributed by atoms with Gasteiger partial charge in [-0.05, 0) is 36.8 Å². The standard InChI is InChI=1S/C48H60N4O10/c1-3-43(53)57-27-15-11-7-5-9-13-25-55-41-31-49-45(50-32-41)39-21-17-37(18-22-39)35-61-47-48(60-30-29-59-47)62-36-38-19-23-40(24-20-38)46-51-33-42(34-52-46)56-26-14-10-6-8-12-16-28-58-44(54)4-2/h3-4,17-24,31-34,47-48H,1-2,5-16,25-30,35-36H2/t47-,48-/m0/s1. The van der Waals surface area contributed by atoms with Crippen molar-refractivity contribution in [2.24, 2.45) is 0 Å². The number of hydrogen-bond acceptors (Lipinski definition) is 14. The maximum absolute atomic E-state index is 11.1. The zero-order valence-electron chi connectivity index (χ0n) is 35.7. The van der Waals surface area contributed by atoms with E-state index in [4.69, 9.17) is 37.9 Å². The van der Waals surface area contributed by atoms with Crippen LogP contribution < -0.4 is 9.47 Å². The van der Waals surface area contributed by atoms with E-state index in [0.717, 1.165) is 99.3 Å². The number of rotatable bonds is 30. The third-order valence-electron chi connectivity index (χ3n) is 9.82. The van der Waals surface area contributed by atoms with Gasteiger partial charge in [0.25, 0.3) is 0 Å². The van der Waals surface area contributed by atoms with Crippen molar-refractivity contribution in [3.05, 3.63) is 110 Å². The third kappa shape index (κ3) is 17.8. The first-order chi connectivity index (χ1) is 30.5. The average molecular weight is 853 g/mol. The molecule has 62 heavy (non-hydrogen) atoms. The number of ether oxygens (including phenoxy) is 8. The molecule has 14 heteroatoms. The molecule has 0 unspecified atom stereocenters. The molecule has 2 atom stereocenters. The van der Waals surface area contributed by atoms with Gasteiger partial charge in [-0.2, -0.15) is 0 Å². The number of benzene rings is 2. The van der Waals surface area contributed by atoms with Crippen LogP contribution in [0.5, 0.6) is 11.5 Å². The first-order valence-electron chi connectivity index (χ1n) is 21.6. The molecule has 0 amide bonds. The Morgan fingerprint density at radius 2 is 0.855 bits per heavy atom. The summed E-state index contributed by atoms with van der Waals surface area (Å²) in [5.41, 5.74) is 3.69. The van der Waals surface area contributed by atoms with E-state index in [1.807, 2.05) is 48.5 Å². The minimum absolute atomic E-state index is 0.310. The van der Waals surface area contributed by atoms with Gasteiger partial charge < -0.3 is 37.9 Å². The highest BCUT2D eigenvalue weighted by Gasteiger charge is 2.29. The van der Waals surface area contributed by atoms with Crippen LogP contribution in [-0.4, -0.2) is 84.1 Å². The van der Waals surface area contributed by atoms with Crippen LogP contribution in [0.1, 0.15) is 88.2 Å². The normalized spacial score (nSPS) is 14.8. The number of aromatic nitrogens is 4. The van der Waals surface area contributed by atoms with Crippen molar-refractivity contribution in [1.82, 2.24) is 19.9 Å². The van der Waals surface area contributed by atoms with Crippen molar-refractivity contribution in [3.63, 3.8) is 0 Å². The second-order valence-electron chi connectivity index (χ2n) is 14.7. The Morgan fingerprint density at radius 3 is 1.21 bits per heavy atom. The molecule has 5 rings (SSSR count). The number of esters is 2. The minimum Gasteiger partial charge on any atom is -0.490 e. The molecule has 4 aromatic rings. The number of carbonyl (C=O) groups is 2. The largest absolute Gasteiger partial charge is 0.490 e. The van der Waals surface area contributed by atoms with Gasteiger partial charge in [0.1, 0.15) is 0 Å². The first-order valence-corrected chi connectivity index (χ1v) is 21.6. The smallest absolute Gasteiger partial charge is 0.330 e. The van der Waals surface area contributed by atoms with Crippen LogP contribution in [0.4, 0.5) is 0 Å². The minimum atomic E-state index is -0.680. The summed E-state index contributed by atoms with van der Waals surface area (Å²) in [6, 6.07) is 15.8. The zero-order chi connectivity index (χ0) is 43.5. The molecule has 0 saturated carbocycles. The maximum atomic E-state index is 11.1. The summed E-state index contributed by atoms with van der Waals surface area (Å²) in [5.74, 6) is 1.77. The fraction of sp³-hybridized carbons (Fsp3) is 0.458. The fourth-order valence-corrected chi connectivity index (χ4v) is 6.34. The molecule has 0 spiro atoms. The van der Waals surface area contributed by atoms with Gasteiger partial charge in [0.15, 0.2) is 23.1 Å². The molecule has 3 heterocycles. The topological polar surface area (TPSA) is 160 Å². The molecule has 1 saturated heterocycles. The van der Waals surface area contributed by atoms with Crippen LogP contribution in [0.2, 0.25) is 0 Å². The molecule has 0 N–H and O–H groups in total. The van der Waals surface area contributed by atoms with Crippen molar-refractivity contribution in [3.8, 4) is 34.3 Å². The van der Waals surface area contributed by atoms with Crippen molar-refractivity contribution < 1.29 is 47.5 Å². The van der Waals surface area contributed by atoms with E-state index < -0.39 is 12.6 Å². The lowest BCUT2D eigenvalue weighted by Crippen LogP contribution is -2.41. The predicted octanol–water partition coefficient (Wildman–Crippen LogP) is 8.93. The molecule has 0 radical (unpaired) electrons. The van der Waals surface area contributed by atoms with Gasteiger partial charge in [0.2, 0.25) is 12.6 Å². The molecule has 0 aliphatic carbocycles. The highest BCUT2D eigenvalue weighted by atomic mass is 16.8. The van der Waals surface area contributed by atoms with Gasteiger partial charge in [-0.15, -0.1) is 0 Å². The van der Waals surface area contributed by atoms with Crippen LogP contribution >= 0.6 is 0 Å². The highest BCUT2D eigenvalue weighted by Crippen LogP contribution is 2.22. The summed E-state index contributed by atoms with van der Waals surface area (Å²) in [5, 5.41) is 0. The van der Waals surface area contributed by atoms with Crippen LogP contribution in [0.15, 0.2) is 98.6 Å². The Hall–Kier alpha value is -5.54. The van der Waals surface area contributed by atoms with Crippen LogP contribution in [-0.2, 0) is 51.2 Å². The van der Waals surface area contributed by atoms with E-state index in [-0.39, 0.29) is 11.9 Å². The van der Waals surface area contributed by atoms with Gasteiger partial charge in [-0.1, -0.05) is 113 Å². The van der Waals surface area contributed by atoms with Gasteiger partial charge in [-0.25, -0.2) is 29.5 Å². The average Bonchev–Trinajstić information content (AvgIpc) is 3.32. The first kappa shape index (κ1) is 47.5. The molecular formula is C48H60N4O10. The van der Waals surface area contributed by atoms with E-state index in [1.165, 1.54) is 12.2 Å². The van der Waals surface area contributed by atoms with Crippen molar-refractivity contribution in [2.75, 3.05) is 39.6 Å². The molecular weight excluding hydrogens is 793 g/mol. The summed E-state index contributed by atoms with van der Waals surface area (Å²) in [4.78, 5) is 40.1. The molecule has 14 nitrogen and oxygen atoms in total. The van der Waals surface area contributed by atoms with E-state index >= 15 is 0 Å². The lowest BCUT2D eigenvalue weighted by atomic mass is 10.1. The van der Waals surface area contributed by atoms with Crippen LogP contribution in [0, 0.1) is 0 Å². The lowest BCUT2D eigenvalue weighted by Gasteiger charge is -2.31. The van der Waals surface area contributed by atoms with E-state index in [2.05, 4.69) is 33.1 Å². The Labute approximate surface area is 365 Å². The van der Waals surface area contributed by atoms with Crippen molar-refractivity contribution in [2.45, 2.75) is 103 Å². The van der Waals surface area contributed by atoms with Crippen molar-refractivity contribution >= 4 is 11.9 Å². The second-order valence-corrected chi connectivity index (χ2v) is 14.7. The van der Waals surface area contributed by atoms with E-state index in [1.54, 1.807) is 24.8 Å². The summed E-state index contributed by atoms with van der Waals surface area (Å²) < 4.78 is 45.6. The second kappa shape index (κ2) is 28.1. The Balaban J connectivity index is 0.943. The Bertz CT molecular complexity index is 1750. The van der Waals surface area contributed by atoms with E-state index in [9.17, 15) is 9.59 Å².